The Morgan fingerprint density at radius 1 is 1.11 bits per heavy atom. The molecule has 4 aromatic rings. The van der Waals surface area contributed by atoms with E-state index in [2.05, 4.69) is 9.98 Å². The summed E-state index contributed by atoms with van der Waals surface area (Å²) in [7, 11) is 0. The molecule has 1 N–H and O–H groups in total. The van der Waals surface area contributed by atoms with Gasteiger partial charge in [-0.05, 0) is 43.2 Å². The summed E-state index contributed by atoms with van der Waals surface area (Å²) >= 11 is 1.40. The first-order valence-electron chi connectivity index (χ1n) is 8.44. The molecule has 0 unspecified atom stereocenters. The van der Waals surface area contributed by atoms with Gasteiger partial charge in [-0.15, -0.1) is 11.3 Å². The Kier molecular flexibility index (Phi) is 4.33. The fourth-order valence-electron chi connectivity index (χ4n) is 2.99. The molecule has 0 aliphatic rings. The normalized spacial score (nSPS) is 11.5. The highest BCUT2D eigenvalue weighted by molar-refractivity contribution is 7.13. The summed E-state index contributed by atoms with van der Waals surface area (Å²) < 4.78 is 1.33. The molecule has 4 rings (SSSR count). The van der Waals surface area contributed by atoms with Gasteiger partial charge in [0.05, 0.1) is 11.3 Å². The van der Waals surface area contributed by atoms with Crippen molar-refractivity contribution in [3.05, 3.63) is 81.1 Å². The molecule has 0 bridgehead atoms. The van der Waals surface area contributed by atoms with E-state index < -0.39 is 0 Å². The van der Waals surface area contributed by atoms with E-state index in [9.17, 15) is 9.90 Å². The van der Waals surface area contributed by atoms with E-state index in [0.717, 1.165) is 11.1 Å². The molecule has 2 aromatic carbocycles. The number of nitrogens with zero attached hydrogens (tertiary/aromatic N) is 3. The highest BCUT2D eigenvalue weighted by Crippen LogP contribution is 2.27. The van der Waals surface area contributed by atoms with Crippen molar-refractivity contribution in [2.45, 2.75) is 13.8 Å². The maximum atomic E-state index is 13.1. The molecule has 0 saturated carbocycles. The molecule has 2 aromatic heterocycles. The molecule has 2 heterocycles. The van der Waals surface area contributed by atoms with Crippen LogP contribution in [0.15, 0.2) is 63.8 Å². The third kappa shape index (κ3) is 3.04. The summed E-state index contributed by atoms with van der Waals surface area (Å²) in [4.78, 5) is 21.6. The maximum Gasteiger partial charge on any atom is 0.265 e. The molecular formula is C21H17N3O2S. The van der Waals surface area contributed by atoms with Gasteiger partial charge in [0.2, 0.25) is 11.0 Å². The number of aromatic nitrogens is 2. The second-order valence-corrected chi connectivity index (χ2v) is 7.14. The fraction of sp³-hybridized carbons (Fsp3) is 0.0952. The number of aromatic hydroxyl groups is 1. The van der Waals surface area contributed by atoms with Gasteiger partial charge in [-0.1, -0.05) is 24.3 Å². The van der Waals surface area contributed by atoms with E-state index >= 15 is 0 Å². The topological polar surface area (TPSA) is 67.5 Å². The zero-order valence-corrected chi connectivity index (χ0v) is 15.7. The minimum atomic E-state index is -0.266. The first-order valence-corrected chi connectivity index (χ1v) is 9.32. The third-order valence-electron chi connectivity index (χ3n) is 4.58. The van der Waals surface area contributed by atoms with Gasteiger partial charge in [-0.2, -0.15) is 0 Å². The highest BCUT2D eigenvalue weighted by atomic mass is 32.1. The van der Waals surface area contributed by atoms with Crippen LogP contribution >= 0.6 is 11.3 Å². The van der Waals surface area contributed by atoms with Crippen LogP contribution in [0.1, 0.15) is 16.7 Å². The Morgan fingerprint density at radius 3 is 2.59 bits per heavy atom. The molecule has 5 nitrogen and oxygen atoms in total. The third-order valence-corrected chi connectivity index (χ3v) is 5.25. The number of rotatable bonds is 3. The second kappa shape index (κ2) is 6.81. The molecule has 0 atom stereocenters. The van der Waals surface area contributed by atoms with Crippen LogP contribution < -0.4 is 5.56 Å². The van der Waals surface area contributed by atoms with Crippen molar-refractivity contribution in [2.24, 2.45) is 4.99 Å². The Balaban J connectivity index is 2.02. The van der Waals surface area contributed by atoms with Crippen molar-refractivity contribution in [2.75, 3.05) is 0 Å². The van der Waals surface area contributed by atoms with Crippen molar-refractivity contribution in [1.29, 1.82) is 0 Å². The molecule has 0 fully saturated rings. The van der Waals surface area contributed by atoms with Gasteiger partial charge < -0.3 is 5.11 Å². The molecule has 0 aliphatic heterocycles. The number of aryl methyl sites for hydroxylation is 2. The molecule has 0 saturated heterocycles. The van der Waals surface area contributed by atoms with Gasteiger partial charge in [-0.3, -0.25) is 4.79 Å². The zero-order chi connectivity index (χ0) is 19.0. The Labute approximate surface area is 159 Å². The number of hydrogen-bond donors (Lipinski definition) is 1. The SMILES string of the molecule is Cc1ccc(-n2c(O)c(/C=N/c3nccs3)c3ccccc3c2=O)cc1C. The summed E-state index contributed by atoms with van der Waals surface area (Å²) in [6.45, 7) is 3.99. The molecule has 0 radical (unpaired) electrons. The zero-order valence-electron chi connectivity index (χ0n) is 14.9. The van der Waals surface area contributed by atoms with E-state index in [4.69, 9.17) is 0 Å². The Bertz CT molecular complexity index is 1220. The first-order chi connectivity index (χ1) is 13.1. The van der Waals surface area contributed by atoms with Crippen molar-refractivity contribution in [1.82, 2.24) is 9.55 Å². The number of aliphatic imine (C=N–C) groups is 1. The molecular weight excluding hydrogens is 358 g/mol. The summed E-state index contributed by atoms with van der Waals surface area (Å²) in [6, 6.07) is 12.9. The minimum Gasteiger partial charge on any atom is -0.494 e. The van der Waals surface area contributed by atoms with Crippen LogP contribution in [0.25, 0.3) is 16.5 Å². The molecule has 0 aliphatic carbocycles. The van der Waals surface area contributed by atoms with E-state index in [1.165, 1.54) is 15.9 Å². The van der Waals surface area contributed by atoms with Crippen LogP contribution in [0.2, 0.25) is 0 Å². The van der Waals surface area contributed by atoms with Crippen LogP contribution in [0.3, 0.4) is 0 Å². The maximum absolute atomic E-state index is 13.1. The predicted octanol–water partition coefficient (Wildman–Crippen LogP) is 4.52. The quantitative estimate of drug-likeness (QED) is 0.535. The van der Waals surface area contributed by atoms with Gasteiger partial charge >= 0.3 is 0 Å². The molecule has 134 valence electrons. The van der Waals surface area contributed by atoms with Gasteiger partial charge in [-0.25, -0.2) is 14.5 Å². The lowest BCUT2D eigenvalue weighted by Gasteiger charge is -2.14. The summed E-state index contributed by atoms with van der Waals surface area (Å²) in [6.07, 6.45) is 3.23. The van der Waals surface area contributed by atoms with Crippen LogP contribution in [-0.2, 0) is 0 Å². The van der Waals surface area contributed by atoms with E-state index in [1.54, 1.807) is 18.5 Å². The summed E-state index contributed by atoms with van der Waals surface area (Å²) in [5.41, 5.74) is 3.01. The van der Waals surface area contributed by atoms with Crippen LogP contribution in [0, 0.1) is 13.8 Å². The fourth-order valence-corrected chi connectivity index (χ4v) is 3.47. The molecule has 0 spiro atoms. The minimum absolute atomic E-state index is 0.137. The summed E-state index contributed by atoms with van der Waals surface area (Å²) in [5.74, 6) is -0.137. The number of benzene rings is 2. The predicted molar refractivity (Wildman–Crippen MR) is 110 cm³/mol. The monoisotopic (exact) mass is 375 g/mol. The molecule has 6 heteroatoms. The van der Waals surface area contributed by atoms with Crippen LogP contribution in [0.5, 0.6) is 5.88 Å². The van der Waals surface area contributed by atoms with Crippen LogP contribution in [0.4, 0.5) is 5.13 Å². The average molecular weight is 375 g/mol. The molecule has 27 heavy (non-hydrogen) atoms. The van der Waals surface area contributed by atoms with Crippen molar-refractivity contribution in [3.63, 3.8) is 0 Å². The van der Waals surface area contributed by atoms with Gasteiger partial charge in [0, 0.05) is 28.6 Å². The van der Waals surface area contributed by atoms with E-state index in [1.807, 2.05) is 55.6 Å². The van der Waals surface area contributed by atoms with Gasteiger partial charge in [0.15, 0.2) is 0 Å². The van der Waals surface area contributed by atoms with E-state index in [-0.39, 0.29) is 11.4 Å². The average Bonchev–Trinajstić information content (AvgIpc) is 3.18. The summed E-state index contributed by atoms with van der Waals surface area (Å²) in [5, 5.41) is 14.6. The number of fused-ring (bicyclic) bond motifs is 1. The lowest BCUT2D eigenvalue weighted by atomic mass is 10.1. The number of hydrogen-bond acceptors (Lipinski definition) is 5. The van der Waals surface area contributed by atoms with Crippen molar-refractivity contribution < 1.29 is 5.11 Å². The van der Waals surface area contributed by atoms with Gasteiger partial charge in [0.1, 0.15) is 0 Å². The van der Waals surface area contributed by atoms with E-state index in [0.29, 0.717) is 27.2 Å². The molecule has 0 amide bonds. The first kappa shape index (κ1) is 17.2. The Hall–Kier alpha value is -3.25. The highest BCUT2D eigenvalue weighted by Gasteiger charge is 2.16. The second-order valence-electron chi connectivity index (χ2n) is 6.26. The number of thiazole rings is 1. The lowest BCUT2D eigenvalue weighted by molar-refractivity contribution is 0.436. The largest absolute Gasteiger partial charge is 0.494 e. The van der Waals surface area contributed by atoms with Crippen LogP contribution in [-0.4, -0.2) is 20.9 Å². The Morgan fingerprint density at radius 2 is 1.89 bits per heavy atom. The standard InChI is InChI=1S/C21H17N3O2S/c1-13-7-8-15(11-14(13)2)24-19(25)17-6-4-3-5-16(17)18(20(24)26)12-23-21-22-9-10-27-21/h3-12,26H,1-2H3/b23-12+. The lowest BCUT2D eigenvalue weighted by Crippen LogP contribution is -2.20. The van der Waals surface area contributed by atoms with Crippen molar-refractivity contribution in [3.8, 4) is 11.6 Å². The smallest absolute Gasteiger partial charge is 0.265 e. The van der Waals surface area contributed by atoms with Gasteiger partial charge in [0.25, 0.3) is 5.56 Å². The number of pyridine rings is 1. The van der Waals surface area contributed by atoms with Crippen molar-refractivity contribution >= 4 is 33.5 Å².